The van der Waals surface area contributed by atoms with Crippen LogP contribution in [0.5, 0.6) is 0 Å². The molecular weight excluding hydrogens is 357 g/mol. The van der Waals surface area contributed by atoms with Crippen molar-refractivity contribution in [2.24, 2.45) is 11.8 Å². The molecule has 0 spiro atoms. The Morgan fingerprint density at radius 3 is 2.11 bits per heavy atom. The smallest absolute Gasteiger partial charge is 0.326 e. The van der Waals surface area contributed by atoms with Crippen LogP contribution in [0.25, 0.3) is 0 Å². The summed E-state index contributed by atoms with van der Waals surface area (Å²) in [5.74, 6) is -1.71. The number of carbonyl (C=O) groups is 2. The van der Waals surface area contributed by atoms with Crippen LogP contribution in [0.4, 0.5) is 24.5 Å². The minimum atomic E-state index is -4.48. The number of benzene rings is 2. The van der Waals surface area contributed by atoms with Crippen molar-refractivity contribution in [3.05, 3.63) is 59.7 Å². The van der Waals surface area contributed by atoms with Gasteiger partial charge in [-0.05, 0) is 48.7 Å². The van der Waals surface area contributed by atoms with Gasteiger partial charge in [-0.15, -0.1) is 0 Å². The highest BCUT2D eigenvalue weighted by Crippen LogP contribution is 2.40. The van der Waals surface area contributed by atoms with Gasteiger partial charge < -0.3 is 10.6 Å². The average Bonchev–Trinajstić information content (AvgIpc) is 3.43. The summed E-state index contributed by atoms with van der Waals surface area (Å²) >= 11 is 0. The van der Waals surface area contributed by atoms with Gasteiger partial charge in [0, 0.05) is 11.4 Å². The van der Waals surface area contributed by atoms with Gasteiger partial charge in [0.25, 0.3) is 0 Å². The number of alkyl halides is 3. The van der Waals surface area contributed by atoms with E-state index in [4.69, 9.17) is 0 Å². The zero-order chi connectivity index (χ0) is 19.6. The Bertz CT molecular complexity index is 847. The maximum absolute atomic E-state index is 12.7. The van der Waals surface area contributed by atoms with E-state index < -0.39 is 29.5 Å². The molecule has 2 aromatic rings. The Morgan fingerprint density at radius 1 is 0.963 bits per heavy atom. The normalized spacial score (nSPS) is 18.7. The van der Waals surface area contributed by atoms with Crippen LogP contribution in [0.1, 0.15) is 24.5 Å². The van der Waals surface area contributed by atoms with E-state index in [0.717, 1.165) is 24.1 Å². The lowest BCUT2D eigenvalue weighted by atomic mass is 10.1. The Morgan fingerprint density at radius 2 is 1.56 bits per heavy atom. The fraction of sp³-hybridized carbons (Fsp3) is 0.300. The van der Waals surface area contributed by atoms with Crippen LogP contribution in [0, 0.1) is 11.8 Å². The first kappa shape index (κ1) is 18.9. The van der Waals surface area contributed by atoms with Gasteiger partial charge in [-0.1, -0.05) is 25.1 Å². The monoisotopic (exact) mass is 376 g/mol. The summed E-state index contributed by atoms with van der Waals surface area (Å²) in [6.07, 6.45) is -3.20. The molecule has 0 aliphatic heterocycles. The lowest BCUT2D eigenvalue weighted by Gasteiger charge is -2.10. The summed E-state index contributed by atoms with van der Waals surface area (Å²) in [6.45, 7) is 2.03. The molecule has 2 atom stereocenters. The lowest BCUT2D eigenvalue weighted by Crippen LogP contribution is -2.20. The van der Waals surface area contributed by atoms with Crippen molar-refractivity contribution in [1.82, 2.24) is 0 Å². The number of amides is 2. The number of nitrogens with one attached hydrogen (secondary N) is 2. The van der Waals surface area contributed by atoms with Crippen LogP contribution >= 0.6 is 0 Å². The number of aryl methyl sites for hydroxylation is 1. The summed E-state index contributed by atoms with van der Waals surface area (Å²) in [5, 5.41) is 5.23. The number of carbonyl (C=O) groups excluding carboxylic acids is 2. The molecule has 2 N–H and O–H groups in total. The van der Waals surface area contributed by atoms with Gasteiger partial charge in [-0.25, -0.2) is 0 Å². The van der Waals surface area contributed by atoms with Crippen LogP contribution in [0.2, 0.25) is 0 Å². The molecule has 0 heterocycles. The van der Waals surface area contributed by atoms with Crippen LogP contribution in [0.15, 0.2) is 48.5 Å². The molecule has 1 aliphatic rings. The second-order valence-electron chi connectivity index (χ2n) is 6.56. The highest BCUT2D eigenvalue weighted by Gasteiger charge is 2.48. The second kappa shape index (κ2) is 7.42. The maximum atomic E-state index is 12.7. The number of rotatable bonds is 5. The molecule has 4 nitrogen and oxygen atoms in total. The third-order valence-corrected chi connectivity index (χ3v) is 4.55. The first-order valence-electron chi connectivity index (χ1n) is 8.66. The molecule has 1 saturated carbocycles. The number of hydrogen-bond donors (Lipinski definition) is 2. The van der Waals surface area contributed by atoms with Crippen molar-refractivity contribution < 1.29 is 22.8 Å². The first-order valence-corrected chi connectivity index (χ1v) is 8.66. The van der Waals surface area contributed by atoms with Crippen molar-refractivity contribution in [3.63, 3.8) is 0 Å². The van der Waals surface area contributed by atoms with Crippen LogP contribution < -0.4 is 10.6 Å². The Hall–Kier alpha value is -2.83. The van der Waals surface area contributed by atoms with Crippen LogP contribution in [-0.2, 0) is 22.2 Å². The molecular formula is C20H19F3N2O2. The third-order valence-electron chi connectivity index (χ3n) is 4.55. The highest BCUT2D eigenvalue weighted by atomic mass is 19.4. The van der Waals surface area contributed by atoms with Gasteiger partial charge in [0.1, 0.15) is 0 Å². The van der Waals surface area contributed by atoms with Crippen LogP contribution in [-0.4, -0.2) is 11.8 Å². The van der Waals surface area contributed by atoms with Gasteiger partial charge >= 0.3 is 6.18 Å². The Kier molecular flexibility index (Phi) is 5.21. The molecule has 142 valence electrons. The van der Waals surface area contributed by atoms with Crippen LogP contribution in [0.3, 0.4) is 0 Å². The summed E-state index contributed by atoms with van der Waals surface area (Å²) in [5.41, 5.74) is 1.04. The lowest BCUT2D eigenvalue weighted by molar-refractivity contribution is -0.137. The molecule has 1 aliphatic carbocycles. The zero-order valence-electron chi connectivity index (χ0n) is 14.6. The molecule has 0 bridgehead atoms. The minimum absolute atomic E-state index is 0.0658. The van der Waals surface area contributed by atoms with Crippen molar-refractivity contribution in [1.29, 1.82) is 0 Å². The van der Waals surface area contributed by atoms with E-state index >= 15 is 0 Å². The fourth-order valence-electron chi connectivity index (χ4n) is 2.84. The molecule has 0 aromatic heterocycles. The molecule has 2 amide bonds. The van der Waals surface area contributed by atoms with E-state index in [2.05, 4.69) is 10.6 Å². The van der Waals surface area contributed by atoms with Gasteiger partial charge in [0.05, 0.1) is 17.4 Å². The maximum Gasteiger partial charge on any atom is 0.416 e. The highest BCUT2D eigenvalue weighted by molar-refractivity contribution is 6.03. The van der Waals surface area contributed by atoms with Gasteiger partial charge in [0.2, 0.25) is 11.8 Å². The van der Waals surface area contributed by atoms with Crippen molar-refractivity contribution in [2.45, 2.75) is 25.9 Å². The van der Waals surface area contributed by atoms with E-state index in [9.17, 15) is 22.8 Å². The van der Waals surface area contributed by atoms with Gasteiger partial charge in [0.15, 0.2) is 0 Å². The van der Waals surface area contributed by atoms with E-state index in [0.29, 0.717) is 12.1 Å². The number of hydrogen-bond acceptors (Lipinski definition) is 2. The largest absolute Gasteiger partial charge is 0.416 e. The second-order valence-corrected chi connectivity index (χ2v) is 6.56. The molecule has 2 aromatic carbocycles. The molecule has 0 saturated heterocycles. The molecule has 3 rings (SSSR count). The molecule has 7 heteroatoms. The fourth-order valence-corrected chi connectivity index (χ4v) is 2.84. The van der Waals surface area contributed by atoms with E-state index in [1.807, 2.05) is 19.1 Å². The van der Waals surface area contributed by atoms with Crippen molar-refractivity contribution in [3.8, 4) is 0 Å². The SMILES string of the molecule is CCc1ccc(NC(=O)C2CC2C(=O)Nc2cccc(C(F)(F)F)c2)cc1. The molecule has 1 fully saturated rings. The van der Waals surface area contributed by atoms with E-state index in [-0.39, 0.29) is 11.6 Å². The number of anilines is 2. The van der Waals surface area contributed by atoms with Crippen molar-refractivity contribution in [2.75, 3.05) is 10.6 Å². The van der Waals surface area contributed by atoms with Crippen molar-refractivity contribution >= 4 is 23.2 Å². The predicted octanol–water partition coefficient (Wildman–Crippen LogP) is 4.48. The molecule has 0 radical (unpaired) electrons. The zero-order valence-corrected chi connectivity index (χ0v) is 14.6. The quantitative estimate of drug-likeness (QED) is 0.808. The first-order chi connectivity index (χ1) is 12.8. The average molecular weight is 376 g/mol. The minimum Gasteiger partial charge on any atom is -0.326 e. The predicted molar refractivity (Wildman–Crippen MR) is 96.1 cm³/mol. The molecule has 2 unspecified atom stereocenters. The standard InChI is InChI=1S/C20H19F3N2O2/c1-2-12-6-8-14(9-7-12)24-18(26)16-11-17(16)19(27)25-15-5-3-4-13(10-15)20(21,22)23/h3-10,16-17H,2,11H2,1H3,(H,24,26)(H,25,27). The van der Waals surface area contributed by atoms with Gasteiger partial charge in [-0.3, -0.25) is 9.59 Å². The Labute approximate surface area is 154 Å². The van der Waals surface area contributed by atoms with E-state index in [1.165, 1.54) is 12.1 Å². The summed E-state index contributed by atoms with van der Waals surface area (Å²) in [4.78, 5) is 24.5. The Balaban J connectivity index is 1.56. The summed E-state index contributed by atoms with van der Waals surface area (Å²) < 4.78 is 38.2. The van der Waals surface area contributed by atoms with Gasteiger partial charge in [-0.2, -0.15) is 13.2 Å². The van der Waals surface area contributed by atoms with E-state index in [1.54, 1.807) is 12.1 Å². The molecule has 27 heavy (non-hydrogen) atoms. The third kappa shape index (κ3) is 4.67. The summed E-state index contributed by atoms with van der Waals surface area (Å²) in [7, 11) is 0. The number of halogens is 3. The topological polar surface area (TPSA) is 58.2 Å². The summed E-state index contributed by atoms with van der Waals surface area (Å²) in [6, 6.07) is 11.9.